The molecular formula is C23H29ClF3N4O2+. The summed E-state index contributed by atoms with van der Waals surface area (Å²) < 4.78 is 39.3. The summed E-state index contributed by atoms with van der Waals surface area (Å²) in [5.74, 6) is -0.509. The van der Waals surface area contributed by atoms with Crippen molar-refractivity contribution in [2.75, 3.05) is 39.3 Å². The van der Waals surface area contributed by atoms with E-state index in [0.717, 1.165) is 17.7 Å². The zero-order chi connectivity index (χ0) is 24.0. The van der Waals surface area contributed by atoms with Crippen molar-refractivity contribution >= 4 is 17.5 Å². The Bertz CT molecular complexity index is 935. The first-order valence-corrected chi connectivity index (χ1v) is 11.6. The average molecular weight is 486 g/mol. The number of hydrogen-bond acceptors (Lipinski definition) is 3. The minimum atomic E-state index is -4.34. The van der Waals surface area contributed by atoms with Crippen LogP contribution in [0, 0.1) is 10.3 Å². The highest BCUT2D eigenvalue weighted by atomic mass is 35.5. The Kier molecular flexibility index (Phi) is 6.48. The summed E-state index contributed by atoms with van der Waals surface area (Å²) in [5.41, 5.74) is 0.698. The molecule has 4 rings (SSSR count). The van der Waals surface area contributed by atoms with Crippen LogP contribution in [0.2, 0.25) is 5.02 Å². The van der Waals surface area contributed by atoms with E-state index in [1.54, 1.807) is 34.2 Å². The number of piperidine rings is 1. The standard InChI is InChI=1S/C23H29ClF3N4O2/c1-3-21(32)29-13-22(14-29)8-9-30(16(2)10-22)31(33)20-12-28(15-23(25,26)27)11-18(20)17-6-4-5-7-19(17)24/h3-7,16,18,20H,1,8-15H2,2H3/q+1/t16-,18+,20+/m1/s1. The maximum atomic E-state index is 13.6. The van der Waals surface area contributed by atoms with Gasteiger partial charge in [-0.3, -0.25) is 9.69 Å². The number of hydrogen-bond donors (Lipinski definition) is 0. The summed E-state index contributed by atoms with van der Waals surface area (Å²) in [7, 11) is 0. The Balaban J connectivity index is 1.49. The van der Waals surface area contributed by atoms with Gasteiger partial charge in [0, 0.05) is 30.1 Å². The van der Waals surface area contributed by atoms with Crippen molar-refractivity contribution in [2.24, 2.45) is 5.41 Å². The summed E-state index contributed by atoms with van der Waals surface area (Å²) in [5, 5.41) is 2.20. The summed E-state index contributed by atoms with van der Waals surface area (Å²) in [4.78, 5) is 29.3. The van der Waals surface area contributed by atoms with Gasteiger partial charge in [0.1, 0.15) is 4.87 Å². The molecule has 0 N–H and O–H groups in total. The molecular weight excluding hydrogens is 457 g/mol. The minimum Gasteiger partial charge on any atom is -0.338 e. The van der Waals surface area contributed by atoms with E-state index >= 15 is 0 Å². The lowest BCUT2D eigenvalue weighted by Crippen LogP contribution is -2.64. The lowest BCUT2D eigenvalue weighted by atomic mass is 9.70. The SMILES string of the molecule is C=CC(=O)N1CC2(CCN([N+](=O)[C@H]3CN(CC(F)(F)F)C[C@H]3c3ccccc3Cl)[C@H](C)C2)C1. The Morgan fingerprint density at radius 2 is 2.00 bits per heavy atom. The molecule has 0 saturated carbocycles. The number of rotatable bonds is 5. The van der Waals surface area contributed by atoms with E-state index in [4.69, 9.17) is 11.6 Å². The molecule has 1 aromatic carbocycles. The Hall–Kier alpha value is -2.13. The normalized spacial score (nSPS) is 27.5. The van der Waals surface area contributed by atoms with Gasteiger partial charge in [-0.15, -0.1) is 5.01 Å². The second-order valence-electron chi connectivity index (χ2n) is 9.67. The maximum absolute atomic E-state index is 13.6. The van der Waals surface area contributed by atoms with E-state index in [1.807, 2.05) is 6.92 Å². The number of nitrogens with zero attached hydrogens (tertiary/aromatic N) is 4. The third-order valence-corrected chi connectivity index (χ3v) is 7.60. The number of amides is 1. The van der Waals surface area contributed by atoms with E-state index in [-0.39, 0.29) is 30.5 Å². The predicted molar refractivity (Wildman–Crippen MR) is 119 cm³/mol. The van der Waals surface area contributed by atoms with E-state index < -0.39 is 24.7 Å². The zero-order valence-corrected chi connectivity index (χ0v) is 19.4. The van der Waals surface area contributed by atoms with E-state index in [9.17, 15) is 22.9 Å². The topological polar surface area (TPSA) is 46.9 Å². The van der Waals surface area contributed by atoms with Gasteiger partial charge in [-0.2, -0.15) is 13.2 Å². The lowest BCUT2D eigenvalue weighted by molar-refractivity contribution is -0.744. The third-order valence-electron chi connectivity index (χ3n) is 7.26. The van der Waals surface area contributed by atoms with Crippen molar-refractivity contribution in [1.82, 2.24) is 14.8 Å². The molecule has 180 valence electrons. The summed E-state index contributed by atoms with van der Waals surface area (Å²) >= 11 is 6.37. The highest BCUT2D eigenvalue weighted by Crippen LogP contribution is 2.44. The number of alkyl halides is 3. The van der Waals surface area contributed by atoms with Crippen molar-refractivity contribution in [3.05, 3.63) is 52.4 Å². The van der Waals surface area contributed by atoms with Crippen LogP contribution in [0.3, 0.4) is 0 Å². The molecule has 0 unspecified atom stereocenters. The molecule has 3 fully saturated rings. The number of likely N-dealkylation sites (tertiary alicyclic amines) is 2. The van der Waals surface area contributed by atoms with E-state index in [2.05, 4.69) is 6.58 Å². The molecule has 3 aliphatic heterocycles. The molecule has 3 heterocycles. The van der Waals surface area contributed by atoms with Gasteiger partial charge in [0.2, 0.25) is 5.91 Å². The van der Waals surface area contributed by atoms with Gasteiger partial charge in [-0.25, -0.2) is 0 Å². The fourth-order valence-corrected chi connectivity index (χ4v) is 6.06. The first-order valence-electron chi connectivity index (χ1n) is 11.2. The molecule has 3 atom stereocenters. The minimum absolute atomic E-state index is 0.00440. The number of halogens is 4. The van der Waals surface area contributed by atoms with Crippen LogP contribution in [0.5, 0.6) is 0 Å². The van der Waals surface area contributed by atoms with Gasteiger partial charge in [0.05, 0.1) is 36.5 Å². The second kappa shape index (κ2) is 8.91. The average Bonchev–Trinajstić information content (AvgIpc) is 3.12. The van der Waals surface area contributed by atoms with Crippen molar-refractivity contribution in [1.29, 1.82) is 0 Å². The van der Waals surface area contributed by atoms with Crippen LogP contribution < -0.4 is 0 Å². The largest absolute Gasteiger partial charge is 0.401 e. The van der Waals surface area contributed by atoms with Gasteiger partial charge in [-0.05, 0) is 37.5 Å². The number of hydrazine groups is 1. The Morgan fingerprint density at radius 3 is 2.61 bits per heavy atom. The van der Waals surface area contributed by atoms with Crippen molar-refractivity contribution < 1.29 is 22.8 Å². The number of carbonyl (C=O) groups is 1. The molecule has 1 aromatic rings. The molecule has 6 nitrogen and oxygen atoms in total. The molecule has 3 saturated heterocycles. The Labute approximate surface area is 196 Å². The predicted octanol–water partition coefficient (Wildman–Crippen LogP) is 3.86. The van der Waals surface area contributed by atoms with Gasteiger partial charge in [0.15, 0.2) is 0 Å². The molecule has 1 amide bonds. The molecule has 0 bridgehead atoms. The lowest BCUT2D eigenvalue weighted by Gasteiger charge is -2.54. The van der Waals surface area contributed by atoms with Gasteiger partial charge in [-0.1, -0.05) is 36.4 Å². The maximum Gasteiger partial charge on any atom is 0.401 e. The van der Waals surface area contributed by atoms with E-state index in [1.165, 1.54) is 11.0 Å². The van der Waals surface area contributed by atoms with Crippen LogP contribution in [0.15, 0.2) is 36.9 Å². The molecule has 33 heavy (non-hydrogen) atoms. The fraction of sp³-hybridized carbons (Fsp3) is 0.609. The number of carbonyl (C=O) groups excluding carboxylic acids is 1. The highest BCUT2D eigenvalue weighted by Gasteiger charge is 2.54. The van der Waals surface area contributed by atoms with Crippen molar-refractivity contribution in [3.63, 3.8) is 0 Å². The van der Waals surface area contributed by atoms with E-state index in [0.29, 0.717) is 30.2 Å². The smallest absolute Gasteiger partial charge is 0.338 e. The number of benzene rings is 1. The molecule has 3 aliphatic rings. The van der Waals surface area contributed by atoms with Gasteiger partial charge >= 0.3 is 6.18 Å². The van der Waals surface area contributed by atoms with Crippen molar-refractivity contribution in [3.8, 4) is 0 Å². The second-order valence-corrected chi connectivity index (χ2v) is 10.1. The van der Waals surface area contributed by atoms with Crippen LogP contribution in [0.1, 0.15) is 31.2 Å². The first-order chi connectivity index (χ1) is 15.5. The molecule has 0 radical (unpaired) electrons. The number of nitroso groups, excluding NO2 is 1. The molecule has 0 aliphatic carbocycles. The third kappa shape index (κ3) is 4.89. The fourth-order valence-electron chi connectivity index (χ4n) is 5.78. The van der Waals surface area contributed by atoms with Crippen LogP contribution in [-0.2, 0) is 4.79 Å². The molecule has 1 spiro atoms. The molecule has 0 aromatic heterocycles. The van der Waals surface area contributed by atoms with Crippen molar-refractivity contribution in [2.45, 2.75) is 43.9 Å². The van der Waals surface area contributed by atoms with Gasteiger partial charge in [0.25, 0.3) is 6.04 Å². The van der Waals surface area contributed by atoms with Crippen LogP contribution in [-0.4, -0.2) is 83.1 Å². The molecule has 10 heteroatoms. The van der Waals surface area contributed by atoms with Crippen LogP contribution in [0.4, 0.5) is 13.2 Å². The van der Waals surface area contributed by atoms with Crippen LogP contribution >= 0.6 is 11.6 Å². The summed E-state index contributed by atoms with van der Waals surface area (Å²) in [6, 6.07) is 6.31. The Morgan fingerprint density at radius 1 is 1.30 bits per heavy atom. The monoisotopic (exact) mass is 485 g/mol. The quantitative estimate of drug-likeness (QED) is 0.469. The van der Waals surface area contributed by atoms with Crippen LogP contribution in [0.25, 0.3) is 0 Å². The zero-order valence-electron chi connectivity index (χ0n) is 18.6. The summed E-state index contributed by atoms with van der Waals surface area (Å²) in [6.07, 6.45) is -1.51. The van der Waals surface area contributed by atoms with Gasteiger partial charge < -0.3 is 4.90 Å². The highest BCUT2D eigenvalue weighted by molar-refractivity contribution is 6.31. The summed E-state index contributed by atoms with van der Waals surface area (Å²) in [6.45, 7) is 6.40. The first kappa shape index (κ1) is 24.0.